The van der Waals surface area contributed by atoms with Crippen molar-refractivity contribution in [1.82, 2.24) is 5.32 Å². The van der Waals surface area contributed by atoms with Crippen molar-refractivity contribution < 1.29 is 19.4 Å². The summed E-state index contributed by atoms with van der Waals surface area (Å²) < 4.78 is 10.7. The molecule has 0 radical (unpaired) electrons. The van der Waals surface area contributed by atoms with Crippen LogP contribution < -0.4 is 10.1 Å². The number of benzene rings is 1. The third kappa shape index (κ3) is 6.56. The number of rotatable bonds is 8. The Morgan fingerprint density at radius 3 is 2.59 bits per heavy atom. The van der Waals surface area contributed by atoms with Gasteiger partial charge in [-0.05, 0) is 45.4 Å². The molecule has 0 spiro atoms. The number of ether oxygens (including phenoxy) is 2. The summed E-state index contributed by atoms with van der Waals surface area (Å²) in [6, 6.07) is 5.36. The van der Waals surface area contributed by atoms with Crippen molar-refractivity contribution in [1.29, 1.82) is 0 Å². The highest BCUT2D eigenvalue weighted by Gasteiger charge is 2.15. The Bertz CT molecular complexity index is 494. The van der Waals surface area contributed by atoms with Crippen LogP contribution >= 0.6 is 0 Å². The first-order chi connectivity index (χ1) is 10.2. The fourth-order valence-electron chi connectivity index (χ4n) is 1.90. The van der Waals surface area contributed by atoms with Crippen LogP contribution in [0.15, 0.2) is 18.2 Å². The summed E-state index contributed by atoms with van der Waals surface area (Å²) in [7, 11) is 1.61. The molecule has 22 heavy (non-hydrogen) atoms. The third-order valence-corrected chi connectivity index (χ3v) is 3.03. The van der Waals surface area contributed by atoms with Gasteiger partial charge in [-0.2, -0.15) is 0 Å². The van der Waals surface area contributed by atoms with Gasteiger partial charge in [-0.3, -0.25) is 4.79 Å². The van der Waals surface area contributed by atoms with Crippen molar-refractivity contribution in [3.8, 4) is 5.75 Å². The Kier molecular flexibility index (Phi) is 7.00. The molecule has 0 heterocycles. The number of hydrogen-bond donors (Lipinski definition) is 2. The average molecular weight is 309 g/mol. The Hall–Kier alpha value is -1.43. The molecule has 0 aromatic heterocycles. The number of aliphatic hydroxyl groups is 1. The summed E-state index contributed by atoms with van der Waals surface area (Å²) >= 11 is 0. The fraction of sp³-hybridized carbons (Fsp3) is 0.588. The number of carbonyl (C=O) groups is 1. The summed E-state index contributed by atoms with van der Waals surface area (Å²) in [5.41, 5.74) is 1.35. The number of β-amino-alcohol motifs (C(OH)–C–C–N with tert-alkyl or cyclic N) is 1. The minimum Gasteiger partial charge on any atom is -0.490 e. The highest BCUT2D eigenvalue weighted by molar-refractivity contribution is 5.97. The minimum atomic E-state index is -0.641. The molecule has 0 aliphatic carbocycles. The first-order valence-electron chi connectivity index (χ1n) is 7.41. The van der Waals surface area contributed by atoms with Crippen molar-refractivity contribution in [3.63, 3.8) is 0 Å². The standard InChI is InChI=1S/C17H27NO4/c1-12(19)15-8-13(10-21-5)6-7-16(15)22-11-14(20)9-18-17(2,3)4/h6-8,14,18,20H,9-11H2,1-5H3. The van der Waals surface area contributed by atoms with Crippen LogP contribution in [-0.4, -0.2) is 42.8 Å². The molecule has 0 fully saturated rings. The van der Waals surface area contributed by atoms with Crippen molar-refractivity contribution in [3.05, 3.63) is 29.3 Å². The van der Waals surface area contributed by atoms with E-state index in [0.717, 1.165) is 5.56 Å². The number of Topliss-reactive ketones (excluding diaryl/α,β-unsaturated/α-hetero) is 1. The zero-order chi connectivity index (χ0) is 16.8. The summed E-state index contributed by atoms with van der Waals surface area (Å²) in [5, 5.41) is 13.2. The molecule has 2 N–H and O–H groups in total. The van der Waals surface area contributed by atoms with Crippen LogP contribution in [0.2, 0.25) is 0 Å². The van der Waals surface area contributed by atoms with Crippen LogP contribution in [0.3, 0.4) is 0 Å². The van der Waals surface area contributed by atoms with Crippen LogP contribution in [0, 0.1) is 0 Å². The number of ketones is 1. The summed E-state index contributed by atoms with van der Waals surface area (Å²) in [4.78, 5) is 11.7. The topological polar surface area (TPSA) is 67.8 Å². The number of carbonyl (C=O) groups excluding carboxylic acids is 1. The van der Waals surface area contributed by atoms with Gasteiger partial charge in [-0.1, -0.05) is 6.07 Å². The zero-order valence-electron chi connectivity index (χ0n) is 14.1. The van der Waals surface area contributed by atoms with E-state index in [1.807, 2.05) is 26.8 Å². The molecule has 5 nitrogen and oxygen atoms in total. The molecule has 0 aliphatic heterocycles. The molecular weight excluding hydrogens is 282 g/mol. The van der Waals surface area contributed by atoms with E-state index in [9.17, 15) is 9.90 Å². The van der Waals surface area contributed by atoms with Crippen molar-refractivity contribution in [2.45, 2.75) is 45.9 Å². The lowest BCUT2D eigenvalue weighted by molar-refractivity contribution is 0.0949. The average Bonchev–Trinajstić information content (AvgIpc) is 2.43. The van der Waals surface area contributed by atoms with E-state index in [0.29, 0.717) is 24.5 Å². The lowest BCUT2D eigenvalue weighted by Crippen LogP contribution is -2.42. The number of aliphatic hydroxyl groups excluding tert-OH is 1. The van der Waals surface area contributed by atoms with E-state index >= 15 is 0 Å². The van der Waals surface area contributed by atoms with Crippen LogP contribution in [0.5, 0.6) is 5.75 Å². The smallest absolute Gasteiger partial charge is 0.163 e. The molecule has 0 amide bonds. The Labute approximate surface area is 132 Å². The Morgan fingerprint density at radius 2 is 2.05 bits per heavy atom. The van der Waals surface area contributed by atoms with Gasteiger partial charge in [-0.15, -0.1) is 0 Å². The third-order valence-electron chi connectivity index (χ3n) is 3.03. The van der Waals surface area contributed by atoms with Gasteiger partial charge < -0.3 is 19.9 Å². The first kappa shape index (κ1) is 18.6. The second kappa shape index (κ2) is 8.27. The predicted molar refractivity (Wildman–Crippen MR) is 86.4 cm³/mol. The lowest BCUT2D eigenvalue weighted by atomic mass is 10.1. The monoisotopic (exact) mass is 309 g/mol. The van der Waals surface area contributed by atoms with Gasteiger partial charge in [0.25, 0.3) is 0 Å². The summed E-state index contributed by atoms with van der Waals surface area (Å²) in [5.74, 6) is 0.414. The summed E-state index contributed by atoms with van der Waals surface area (Å²) in [6.45, 7) is 8.59. The molecule has 0 saturated carbocycles. The lowest BCUT2D eigenvalue weighted by Gasteiger charge is -2.23. The summed E-state index contributed by atoms with van der Waals surface area (Å²) in [6.07, 6.45) is -0.641. The van der Waals surface area contributed by atoms with Gasteiger partial charge in [-0.25, -0.2) is 0 Å². The fourth-order valence-corrected chi connectivity index (χ4v) is 1.90. The van der Waals surface area contributed by atoms with Gasteiger partial charge >= 0.3 is 0 Å². The van der Waals surface area contributed by atoms with Gasteiger partial charge in [0, 0.05) is 19.2 Å². The zero-order valence-corrected chi connectivity index (χ0v) is 14.1. The van der Waals surface area contributed by atoms with E-state index in [2.05, 4.69) is 5.32 Å². The van der Waals surface area contributed by atoms with Gasteiger partial charge in [0.1, 0.15) is 18.5 Å². The van der Waals surface area contributed by atoms with E-state index in [1.165, 1.54) is 6.92 Å². The molecule has 1 atom stereocenters. The Balaban J connectivity index is 2.66. The highest BCUT2D eigenvalue weighted by atomic mass is 16.5. The van der Waals surface area contributed by atoms with E-state index in [1.54, 1.807) is 19.2 Å². The number of methoxy groups -OCH3 is 1. The molecular formula is C17H27NO4. The Morgan fingerprint density at radius 1 is 1.36 bits per heavy atom. The minimum absolute atomic E-state index is 0.0622. The number of hydrogen-bond acceptors (Lipinski definition) is 5. The number of nitrogens with one attached hydrogen (secondary N) is 1. The maximum absolute atomic E-state index is 11.7. The molecule has 0 saturated heterocycles. The predicted octanol–water partition coefficient (Wildman–Crippen LogP) is 2.16. The quantitative estimate of drug-likeness (QED) is 0.720. The molecule has 5 heteroatoms. The molecule has 0 aliphatic rings. The van der Waals surface area contributed by atoms with Gasteiger partial charge in [0.05, 0.1) is 12.2 Å². The second-order valence-corrected chi connectivity index (χ2v) is 6.42. The SMILES string of the molecule is COCc1ccc(OCC(O)CNC(C)(C)C)c(C(C)=O)c1. The largest absolute Gasteiger partial charge is 0.490 e. The van der Waals surface area contributed by atoms with Crippen LogP contribution in [-0.2, 0) is 11.3 Å². The van der Waals surface area contributed by atoms with E-state index < -0.39 is 6.10 Å². The van der Waals surface area contributed by atoms with Crippen LogP contribution in [0.1, 0.15) is 43.6 Å². The molecule has 1 aromatic rings. The maximum Gasteiger partial charge on any atom is 0.163 e. The molecule has 1 aromatic carbocycles. The van der Waals surface area contributed by atoms with E-state index in [-0.39, 0.29) is 17.9 Å². The molecule has 0 bridgehead atoms. The van der Waals surface area contributed by atoms with Crippen molar-refractivity contribution in [2.75, 3.05) is 20.3 Å². The highest BCUT2D eigenvalue weighted by Crippen LogP contribution is 2.21. The normalized spacial score (nSPS) is 13.0. The molecule has 1 unspecified atom stereocenters. The first-order valence-corrected chi connectivity index (χ1v) is 7.41. The van der Waals surface area contributed by atoms with E-state index in [4.69, 9.17) is 9.47 Å². The van der Waals surface area contributed by atoms with Gasteiger partial charge in [0.15, 0.2) is 5.78 Å². The van der Waals surface area contributed by atoms with Crippen LogP contribution in [0.25, 0.3) is 0 Å². The maximum atomic E-state index is 11.7. The molecule has 1 rings (SSSR count). The second-order valence-electron chi connectivity index (χ2n) is 6.42. The van der Waals surface area contributed by atoms with Gasteiger partial charge in [0.2, 0.25) is 0 Å². The molecule has 124 valence electrons. The van der Waals surface area contributed by atoms with Crippen molar-refractivity contribution in [2.24, 2.45) is 0 Å². The van der Waals surface area contributed by atoms with Crippen LogP contribution in [0.4, 0.5) is 0 Å². The van der Waals surface area contributed by atoms with Crippen molar-refractivity contribution >= 4 is 5.78 Å².